The third-order valence-corrected chi connectivity index (χ3v) is 4.70. The summed E-state index contributed by atoms with van der Waals surface area (Å²) in [5.41, 5.74) is 0. The van der Waals surface area contributed by atoms with E-state index in [-0.39, 0.29) is 11.6 Å². The Labute approximate surface area is 148 Å². The SMILES string of the molecule is O=C1/C=C/CCCCCCCCCC/C=C/C(=O)CCCCCC1. The molecule has 0 N–H and O–H groups in total. The molecule has 0 heterocycles. The van der Waals surface area contributed by atoms with Crippen molar-refractivity contribution in [2.75, 3.05) is 0 Å². The van der Waals surface area contributed by atoms with E-state index in [9.17, 15) is 9.59 Å². The highest BCUT2D eigenvalue weighted by molar-refractivity contribution is 5.89. The summed E-state index contributed by atoms with van der Waals surface area (Å²) < 4.78 is 0. The quantitative estimate of drug-likeness (QED) is 0.508. The Balaban J connectivity index is 2.27. The van der Waals surface area contributed by atoms with Gasteiger partial charge in [0.05, 0.1) is 0 Å². The molecule has 0 aromatic carbocycles. The molecule has 136 valence electrons. The van der Waals surface area contributed by atoms with E-state index in [0.717, 1.165) is 38.5 Å². The smallest absolute Gasteiger partial charge is 0.155 e. The number of allylic oxidation sites excluding steroid dienone is 4. The van der Waals surface area contributed by atoms with Gasteiger partial charge in [-0.05, 0) is 50.7 Å². The third-order valence-electron chi connectivity index (χ3n) is 4.70. The van der Waals surface area contributed by atoms with Gasteiger partial charge in [-0.2, -0.15) is 0 Å². The minimum atomic E-state index is 0.260. The largest absolute Gasteiger partial charge is 0.295 e. The minimum absolute atomic E-state index is 0.260. The van der Waals surface area contributed by atoms with Gasteiger partial charge in [-0.3, -0.25) is 9.59 Å². The zero-order valence-electron chi connectivity index (χ0n) is 15.4. The minimum Gasteiger partial charge on any atom is -0.295 e. The van der Waals surface area contributed by atoms with Gasteiger partial charge >= 0.3 is 0 Å². The fourth-order valence-corrected chi connectivity index (χ4v) is 3.13. The number of hydrogen-bond acceptors (Lipinski definition) is 2. The van der Waals surface area contributed by atoms with Crippen LogP contribution in [0, 0.1) is 0 Å². The van der Waals surface area contributed by atoms with Crippen molar-refractivity contribution in [3.63, 3.8) is 0 Å². The van der Waals surface area contributed by atoms with Gasteiger partial charge in [-0.25, -0.2) is 0 Å². The van der Waals surface area contributed by atoms with E-state index in [4.69, 9.17) is 0 Å². The molecule has 24 heavy (non-hydrogen) atoms. The van der Waals surface area contributed by atoms with Crippen LogP contribution in [0.25, 0.3) is 0 Å². The molecule has 2 nitrogen and oxygen atoms in total. The van der Waals surface area contributed by atoms with Gasteiger partial charge in [0.2, 0.25) is 0 Å². The molecule has 0 radical (unpaired) electrons. The lowest BCUT2D eigenvalue weighted by atomic mass is 10.0. The summed E-state index contributed by atoms with van der Waals surface area (Å²) in [6, 6.07) is 0. The van der Waals surface area contributed by atoms with Crippen LogP contribution in [0.1, 0.15) is 103 Å². The maximum absolute atomic E-state index is 11.7. The zero-order valence-corrected chi connectivity index (χ0v) is 15.4. The zero-order chi connectivity index (χ0) is 17.3. The van der Waals surface area contributed by atoms with E-state index in [2.05, 4.69) is 12.2 Å². The molecule has 2 heteroatoms. The predicted molar refractivity (Wildman–Crippen MR) is 102 cm³/mol. The normalized spacial score (nSPS) is 24.5. The topological polar surface area (TPSA) is 34.1 Å². The summed E-state index contributed by atoms with van der Waals surface area (Å²) >= 11 is 0. The van der Waals surface area contributed by atoms with E-state index < -0.39 is 0 Å². The van der Waals surface area contributed by atoms with Gasteiger partial charge in [-0.1, -0.05) is 63.5 Å². The molecule has 0 spiro atoms. The lowest BCUT2D eigenvalue weighted by Gasteiger charge is -2.01. The average Bonchev–Trinajstić information content (AvgIpc) is 2.57. The Morgan fingerprint density at radius 1 is 0.458 bits per heavy atom. The first-order valence-electron chi connectivity index (χ1n) is 10.2. The third kappa shape index (κ3) is 13.3. The summed E-state index contributed by atoms with van der Waals surface area (Å²) in [4.78, 5) is 23.5. The fraction of sp³-hybridized carbons (Fsp3) is 0.727. The van der Waals surface area contributed by atoms with Gasteiger partial charge in [0.25, 0.3) is 0 Å². The van der Waals surface area contributed by atoms with Gasteiger partial charge < -0.3 is 0 Å². The monoisotopic (exact) mass is 332 g/mol. The highest BCUT2D eigenvalue weighted by Gasteiger charge is 2.00. The van der Waals surface area contributed by atoms with Crippen LogP contribution in [-0.4, -0.2) is 11.6 Å². The van der Waals surface area contributed by atoms with Crippen molar-refractivity contribution < 1.29 is 9.59 Å². The maximum Gasteiger partial charge on any atom is 0.155 e. The Bertz CT molecular complexity index is 355. The van der Waals surface area contributed by atoms with E-state index in [1.165, 1.54) is 51.4 Å². The van der Waals surface area contributed by atoms with Crippen LogP contribution in [0.2, 0.25) is 0 Å². The van der Waals surface area contributed by atoms with Crippen molar-refractivity contribution >= 4 is 11.6 Å². The predicted octanol–water partition coefficient (Wildman–Crippen LogP) is 6.49. The van der Waals surface area contributed by atoms with Gasteiger partial charge in [0.15, 0.2) is 11.6 Å². The van der Waals surface area contributed by atoms with E-state index in [1.54, 1.807) is 12.2 Å². The van der Waals surface area contributed by atoms with E-state index >= 15 is 0 Å². The summed E-state index contributed by atoms with van der Waals surface area (Å²) in [7, 11) is 0. The molecule has 0 saturated heterocycles. The van der Waals surface area contributed by atoms with Crippen molar-refractivity contribution in [2.45, 2.75) is 103 Å². The molecule has 1 aliphatic rings. The standard InChI is InChI=1S/C22H36O2/c23-21-17-13-9-7-5-3-1-2-4-6-8-10-14-18-22(24)20-16-12-11-15-19-21/h13-14,17-18H,1-12,15-16,19-20H2/b17-13+,18-14+. The van der Waals surface area contributed by atoms with Gasteiger partial charge in [0.1, 0.15) is 0 Å². The second kappa shape index (κ2) is 15.4. The molecule has 0 saturated carbocycles. The van der Waals surface area contributed by atoms with Gasteiger partial charge in [-0.15, -0.1) is 0 Å². The Hall–Kier alpha value is -1.18. The molecular weight excluding hydrogens is 296 g/mol. The number of ketones is 2. The fourth-order valence-electron chi connectivity index (χ4n) is 3.13. The highest BCUT2D eigenvalue weighted by atomic mass is 16.1. The molecule has 0 amide bonds. The molecule has 0 aromatic heterocycles. The van der Waals surface area contributed by atoms with E-state index in [1.807, 2.05) is 0 Å². The van der Waals surface area contributed by atoms with Crippen molar-refractivity contribution in [2.24, 2.45) is 0 Å². The summed E-state index contributed by atoms with van der Waals surface area (Å²) in [6.45, 7) is 0. The van der Waals surface area contributed by atoms with Crippen LogP contribution in [0.5, 0.6) is 0 Å². The van der Waals surface area contributed by atoms with Crippen molar-refractivity contribution in [1.82, 2.24) is 0 Å². The van der Waals surface area contributed by atoms with Crippen LogP contribution in [-0.2, 0) is 9.59 Å². The van der Waals surface area contributed by atoms with Crippen LogP contribution >= 0.6 is 0 Å². The van der Waals surface area contributed by atoms with Crippen LogP contribution < -0.4 is 0 Å². The molecule has 0 aromatic rings. The molecule has 0 bridgehead atoms. The van der Waals surface area contributed by atoms with Gasteiger partial charge in [0, 0.05) is 12.8 Å². The molecule has 1 aliphatic carbocycles. The van der Waals surface area contributed by atoms with Crippen LogP contribution in [0.4, 0.5) is 0 Å². The van der Waals surface area contributed by atoms with E-state index in [0.29, 0.717) is 12.8 Å². The maximum atomic E-state index is 11.7. The lowest BCUT2D eigenvalue weighted by molar-refractivity contribution is -0.115. The van der Waals surface area contributed by atoms with Crippen molar-refractivity contribution in [1.29, 1.82) is 0 Å². The second-order valence-electron chi connectivity index (χ2n) is 7.06. The number of rotatable bonds is 0. The van der Waals surface area contributed by atoms with Crippen LogP contribution in [0.15, 0.2) is 24.3 Å². The first-order valence-corrected chi connectivity index (χ1v) is 10.2. The van der Waals surface area contributed by atoms with Crippen molar-refractivity contribution in [3.8, 4) is 0 Å². The Kier molecular flexibility index (Phi) is 13.3. The molecular formula is C22H36O2. The molecule has 0 aliphatic heterocycles. The highest BCUT2D eigenvalue weighted by Crippen LogP contribution is 2.12. The molecule has 0 unspecified atom stereocenters. The Morgan fingerprint density at radius 3 is 1.21 bits per heavy atom. The lowest BCUT2D eigenvalue weighted by Crippen LogP contribution is -1.94. The molecule has 0 atom stereocenters. The number of carbonyl (C=O) groups excluding carboxylic acids is 2. The molecule has 0 fully saturated rings. The average molecular weight is 333 g/mol. The number of hydrogen-bond donors (Lipinski definition) is 0. The summed E-state index contributed by atoms with van der Waals surface area (Å²) in [5, 5.41) is 0. The Morgan fingerprint density at radius 2 is 0.792 bits per heavy atom. The summed E-state index contributed by atoms with van der Waals surface area (Å²) in [6.07, 6.45) is 25.3. The second-order valence-corrected chi connectivity index (χ2v) is 7.06. The molecule has 1 rings (SSSR count). The first kappa shape index (κ1) is 20.9. The summed E-state index contributed by atoms with van der Waals surface area (Å²) in [5.74, 6) is 0.521. The number of carbonyl (C=O) groups is 2. The first-order chi connectivity index (χ1) is 11.8. The van der Waals surface area contributed by atoms with Crippen LogP contribution in [0.3, 0.4) is 0 Å². The van der Waals surface area contributed by atoms with Crippen molar-refractivity contribution in [3.05, 3.63) is 24.3 Å².